The summed E-state index contributed by atoms with van der Waals surface area (Å²) in [6.07, 6.45) is 2.18. The lowest BCUT2D eigenvalue weighted by atomic mass is 10.1. The second-order valence-corrected chi connectivity index (χ2v) is 8.98. The maximum atomic E-state index is 12.7. The topological polar surface area (TPSA) is 78.7 Å². The molecule has 3 aromatic rings. The normalized spacial score (nSPS) is 15.4. The molecule has 2 aromatic heterocycles. The molecule has 1 saturated heterocycles. The summed E-state index contributed by atoms with van der Waals surface area (Å²) in [4.78, 5) is 26.6. The van der Waals surface area contributed by atoms with E-state index >= 15 is 0 Å². The maximum absolute atomic E-state index is 12.7. The van der Waals surface area contributed by atoms with Crippen LogP contribution in [0.25, 0.3) is 5.78 Å². The molecule has 0 aliphatic carbocycles. The van der Waals surface area contributed by atoms with Gasteiger partial charge in [-0.05, 0) is 44.3 Å². The zero-order valence-electron chi connectivity index (χ0n) is 19.3. The molecule has 1 aliphatic rings. The van der Waals surface area contributed by atoms with E-state index < -0.39 is 0 Å². The molecule has 0 bridgehead atoms. The summed E-state index contributed by atoms with van der Waals surface area (Å²) < 4.78 is 1.72. The SMILES string of the molecule is CCN1CCN(Cc2ccc(NC(=O)Cc3c(C)nc4nc(SC)nn4c3C)cc2)CC1. The fourth-order valence-electron chi connectivity index (χ4n) is 4.11. The molecule has 0 radical (unpaired) electrons. The van der Waals surface area contributed by atoms with Crippen molar-refractivity contribution in [3.63, 3.8) is 0 Å². The first-order chi connectivity index (χ1) is 15.5. The molecule has 1 aromatic carbocycles. The number of amides is 1. The zero-order valence-corrected chi connectivity index (χ0v) is 20.1. The van der Waals surface area contributed by atoms with Crippen LogP contribution in [0.4, 0.5) is 5.69 Å². The molecule has 0 spiro atoms. The van der Waals surface area contributed by atoms with E-state index in [0.29, 0.717) is 10.9 Å². The van der Waals surface area contributed by atoms with Crippen molar-refractivity contribution < 1.29 is 4.79 Å². The standard InChI is InChI=1S/C23H31N7OS/c1-5-28-10-12-29(13-11-28)15-18-6-8-19(9-7-18)25-21(31)14-20-16(2)24-22-26-23(32-4)27-30(22)17(20)3/h6-9H,5,10-15H2,1-4H3,(H,25,31). The molecular weight excluding hydrogens is 422 g/mol. The second kappa shape index (κ2) is 9.97. The molecule has 9 heteroatoms. The van der Waals surface area contributed by atoms with Crippen LogP contribution in [0, 0.1) is 13.8 Å². The highest BCUT2D eigenvalue weighted by Gasteiger charge is 2.17. The Hall–Kier alpha value is -2.49. The highest BCUT2D eigenvalue weighted by molar-refractivity contribution is 7.98. The van der Waals surface area contributed by atoms with Gasteiger partial charge in [-0.25, -0.2) is 9.50 Å². The van der Waals surface area contributed by atoms with Gasteiger partial charge in [0, 0.05) is 55.4 Å². The largest absolute Gasteiger partial charge is 0.326 e. The van der Waals surface area contributed by atoms with E-state index in [-0.39, 0.29) is 12.3 Å². The molecule has 0 unspecified atom stereocenters. The van der Waals surface area contributed by atoms with Crippen molar-refractivity contribution in [2.45, 2.75) is 38.9 Å². The van der Waals surface area contributed by atoms with Crippen LogP contribution in [0.2, 0.25) is 0 Å². The molecule has 3 heterocycles. The minimum absolute atomic E-state index is 0.0639. The number of nitrogens with one attached hydrogen (secondary N) is 1. The monoisotopic (exact) mass is 453 g/mol. The van der Waals surface area contributed by atoms with Gasteiger partial charge in [0.05, 0.1) is 6.42 Å². The minimum Gasteiger partial charge on any atom is -0.326 e. The predicted octanol–water partition coefficient (Wildman–Crippen LogP) is 2.78. The number of carbonyl (C=O) groups is 1. The van der Waals surface area contributed by atoms with E-state index in [4.69, 9.17) is 0 Å². The molecule has 4 rings (SSSR count). The second-order valence-electron chi connectivity index (χ2n) is 8.20. The highest BCUT2D eigenvalue weighted by Crippen LogP contribution is 2.18. The Morgan fingerprint density at radius 1 is 1.06 bits per heavy atom. The first kappa shape index (κ1) is 22.7. The Morgan fingerprint density at radius 3 is 2.41 bits per heavy atom. The molecular formula is C23H31N7OS. The average Bonchev–Trinajstić information content (AvgIpc) is 3.22. The third-order valence-corrected chi connectivity index (χ3v) is 6.64. The number of benzene rings is 1. The molecule has 0 saturated carbocycles. The number of nitrogens with zero attached hydrogens (tertiary/aromatic N) is 6. The van der Waals surface area contributed by atoms with Gasteiger partial charge in [0.1, 0.15) is 0 Å². The predicted molar refractivity (Wildman–Crippen MR) is 128 cm³/mol. The third kappa shape index (κ3) is 5.11. The van der Waals surface area contributed by atoms with Crippen LogP contribution in [-0.2, 0) is 17.8 Å². The van der Waals surface area contributed by atoms with E-state index in [1.165, 1.54) is 17.3 Å². The Balaban J connectivity index is 1.37. The molecule has 8 nitrogen and oxygen atoms in total. The van der Waals surface area contributed by atoms with Gasteiger partial charge >= 0.3 is 0 Å². The zero-order chi connectivity index (χ0) is 22.7. The van der Waals surface area contributed by atoms with Crippen LogP contribution in [-0.4, -0.2) is 74.3 Å². The molecule has 1 fully saturated rings. The highest BCUT2D eigenvalue weighted by atomic mass is 32.2. The van der Waals surface area contributed by atoms with Crippen LogP contribution in [0.3, 0.4) is 0 Å². The number of aryl methyl sites for hydroxylation is 2. The number of hydrogen-bond donors (Lipinski definition) is 1. The molecule has 32 heavy (non-hydrogen) atoms. The van der Waals surface area contributed by atoms with Gasteiger partial charge in [-0.3, -0.25) is 9.69 Å². The smallest absolute Gasteiger partial charge is 0.253 e. The van der Waals surface area contributed by atoms with Crippen molar-refractivity contribution in [2.24, 2.45) is 0 Å². The fourth-order valence-corrected chi connectivity index (χ4v) is 4.45. The van der Waals surface area contributed by atoms with Crippen LogP contribution >= 0.6 is 11.8 Å². The summed E-state index contributed by atoms with van der Waals surface area (Å²) in [6, 6.07) is 8.17. The Morgan fingerprint density at radius 2 is 1.75 bits per heavy atom. The number of thioether (sulfide) groups is 1. The summed E-state index contributed by atoms with van der Waals surface area (Å²) >= 11 is 1.48. The molecule has 0 atom stereocenters. The molecule has 170 valence electrons. The van der Waals surface area contributed by atoms with Gasteiger partial charge < -0.3 is 10.2 Å². The van der Waals surface area contributed by atoms with E-state index in [1.54, 1.807) is 4.52 Å². The summed E-state index contributed by atoms with van der Waals surface area (Å²) in [5.74, 6) is 0.506. The minimum atomic E-state index is -0.0639. The Bertz CT molecular complexity index is 1090. The van der Waals surface area contributed by atoms with Crippen LogP contribution in [0.5, 0.6) is 0 Å². The van der Waals surface area contributed by atoms with Gasteiger partial charge in [0.2, 0.25) is 11.1 Å². The Kier molecular flexibility index (Phi) is 7.07. The number of aromatic nitrogens is 4. The molecule has 1 aliphatic heterocycles. The van der Waals surface area contributed by atoms with E-state index in [2.05, 4.69) is 49.2 Å². The van der Waals surface area contributed by atoms with Gasteiger partial charge in [-0.2, -0.15) is 4.98 Å². The van der Waals surface area contributed by atoms with E-state index in [9.17, 15) is 4.79 Å². The quantitative estimate of drug-likeness (QED) is 0.551. The number of fused-ring (bicyclic) bond motifs is 1. The van der Waals surface area contributed by atoms with Crippen molar-refractivity contribution in [1.82, 2.24) is 29.4 Å². The lowest BCUT2D eigenvalue weighted by molar-refractivity contribution is -0.115. The summed E-state index contributed by atoms with van der Waals surface area (Å²) in [5.41, 5.74) is 4.67. The lowest BCUT2D eigenvalue weighted by Crippen LogP contribution is -2.45. The Labute approximate surface area is 193 Å². The number of anilines is 1. The van der Waals surface area contributed by atoms with Crippen molar-refractivity contribution >= 4 is 29.1 Å². The lowest BCUT2D eigenvalue weighted by Gasteiger charge is -2.34. The van der Waals surface area contributed by atoms with E-state index in [1.807, 2.05) is 32.2 Å². The summed E-state index contributed by atoms with van der Waals surface area (Å²) in [5, 5.41) is 8.15. The van der Waals surface area contributed by atoms with Crippen LogP contribution in [0.1, 0.15) is 29.4 Å². The third-order valence-electron chi connectivity index (χ3n) is 6.11. The van der Waals surface area contributed by atoms with Crippen molar-refractivity contribution in [1.29, 1.82) is 0 Å². The van der Waals surface area contributed by atoms with Crippen LogP contribution in [0.15, 0.2) is 29.4 Å². The van der Waals surface area contributed by atoms with Gasteiger partial charge in [-0.1, -0.05) is 30.8 Å². The fraction of sp³-hybridized carbons (Fsp3) is 0.478. The molecule has 1 N–H and O–H groups in total. The number of carbonyl (C=O) groups excluding carboxylic acids is 1. The summed E-state index contributed by atoms with van der Waals surface area (Å²) in [7, 11) is 0. The van der Waals surface area contributed by atoms with Gasteiger partial charge in [0.15, 0.2) is 0 Å². The van der Waals surface area contributed by atoms with E-state index in [0.717, 1.165) is 61.9 Å². The van der Waals surface area contributed by atoms with Crippen molar-refractivity contribution in [3.05, 3.63) is 46.8 Å². The number of likely N-dealkylation sites (N-methyl/N-ethyl adjacent to an activating group) is 1. The summed E-state index contributed by atoms with van der Waals surface area (Å²) in [6.45, 7) is 12.6. The van der Waals surface area contributed by atoms with Crippen LogP contribution < -0.4 is 5.32 Å². The van der Waals surface area contributed by atoms with Gasteiger partial charge in [0.25, 0.3) is 5.78 Å². The molecule has 1 amide bonds. The number of piperazine rings is 1. The van der Waals surface area contributed by atoms with Crippen molar-refractivity contribution in [3.8, 4) is 0 Å². The number of hydrogen-bond acceptors (Lipinski definition) is 7. The maximum Gasteiger partial charge on any atom is 0.253 e. The first-order valence-corrected chi connectivity index (χ1v) is 12.3. The number of rotatable bonds is 7. The average molecular weight is 454 g/mol. The van der Waals surface area contributed by atoms with Crippen molar-refractivity contribution in [2.75, 3.05) is 44.3 Å². The first-order valence-electron chi connectivity index (χ1n) is 11.1. The van der Waals surface area contributed by atoms with Gasteiger partial charge in [-0.15, -0.1) is 5.10 Å².